The van der Waals surface area contributed by atoms with E-state index in [2.05, 4.69) is 35.4 Å². The van der Waals surface area contributed by atoms with Gasteiger partial charge in [-0.2, -0.15) is 18.3 Å². The summed E-state index contributed by atoms with van der Waals surface area (Å²) in [5.41, 5.74) is 3.58. The Bertz CT molecular complexity index is 1400. The van der Waals surface area contributed by atoms with Crippen LogP contribution < -0.4 is 0 Å². The molecule has 1 unspecified atom stereocenters. The number of aryl methyl sites for hydroxylation is 1. The zero-order valence-corrected chi connectivity index (χ0v) is 22.2. The van der Waals surface area contributed by atoms with E-state index in [1.54, 1.807) is 6.08 Å². The fourth-order valence-electron chi connectivity index (χ4n) is 5.62. The van der Waals surface area contributed by atoms with Crippen molar-refractivity contribution < 1.29 is 22.7 Å². The Morgan fingerprint density at radius 3 is 2.51 bits per heavy atom. The fourth-order valence-corrected chi connectivity index (χ4v) is 5.62. The molecule has 5 rings (SSSR count). The number of carbonyl (C=O) groups is 1. The molecule has 0 radical (unpaired) electrons. The van der Waals surface area contributed by atoms with E-state index in [1.165, 1.54) is 50.7 Å². The predicted molar refractivity (Wildman–Crippen MR) is 145 cm³/mol. The molecule has 0 saturated heterocycles. The van der Waals surface area contributed by atoms with Gasteiger partial charge in [0.25, 0.3) is 0 Å². The highest BCUT2D eigenvalue weighted by Gasteiger charge is 2.41. The molecule has 0 spiro atoms. The van der Waals surface area contributed by atoms with Crippen molar-refractivity contribution in [2.24, 2.45) is 4.99 Å². The van der Waals surface area contributed by atoms with Crippen molar-refractivity contribution in [3.8, 4) is 11.1 Å². The molecule has 0 bridgehead atoms. The number of benzene rings is 2. The van der Waals surface area contributed by atoms with Crippen LogP contribution in [0, 0.1) is 6.92 Å². The minimum absolute atomic E-state index is 0.0224. The molecule has 3 aromatic rings. The van der Waals surface area contributed by atoms with Crippen LogP contribution >= 0.6 is 0 Å². The summed E-state index contributed by atoms with van der Waals surface area (Å²) in [5.74, 6) is -0.433. The SMILES string of the molecule is CCOC(=O)c1cnn(C2=NC(c3cc(C)ccc3-c3ccc(C4CCCCC4)cc3)CC=C2)c1C(F)(F)F. The average molecular weight is 536 g/mol. The van der Waals surface area contributed by atoms with Crippen molar-refractivity contribution in [1.29, 1.82) is 0 Å². The maximum Gasteiger partial charge on any atom is 0.434 e. The summed E-state index contributed by atoms with van der Waals surface area (Å²) in [5, 5.41) is 3.90. The molecule has 39 heavy (non-hydrogen) atoms. The molecule has 5 nitrogen and oxygen atoms in total. The Labute approximate surface area is 226 Å². The molecule has 1 saturated carbocycles. The highest BCUT2D eigenvalue weighted by molar-refractivity contribution is 5.98. The fraction of sp³-hybridized carbons (Fsp3) is 0.387. The maximum absolute atomic E-state index is 14.1. The smallest absolute Gasteiger partial charge is 0.434 e. The molecule has 1 atom stereocenters. The van der Waals surface area contributed by atoms with Crippen molar-refractivity contribution in [2.75, 3.05) is 6.61 Å². The number of alkyl halides is 3. The molecule has 1 aliphatic heterocycles. The van der Waals surface area contributed by atoms with Gasteiger partial charge in [0.1, 0.15) is 11.4 Å². The molecule has 0 amide bonds. The Morgan fingerprint density at radius 2 is 1.82 bits per heavy atom. The topological polar surface area (TPSA) is 56.5 Å². The second kappa shape index (κ2) is 11.2. The van der Waals surface area contributed by atoms with Gasteiger partial charge in [-0.15, -0.1) is 0 Å². The quantitative estimate of drug-likeness (QED) is 0.311. The number of rotatable bonds is 5. The van der Waals surface area contributed by atoms with Crippen molar-refractivity contribution in [3.63, 3.8) is 0 Å². The number of hydrogen-bond acceptors (Lipinski definition) is 4. The number of hydrogen-bond donors (Lipinski definition) is 0. The molecule has 2 aliphatic rings. The summed E-state index contributed by atoms with van der Waals surface area (Å²) >= 11 is 0. The summed E-state index contributed by atoms with van der Waals surface area (Å²) < 4.78 is 47.8. The van der Waals surface area contributed by atoms with Gasteiger partial charge in [0, 0.05) is 0 Å². The van der Waals surface area contributed by atoms with Crippen molar-refractivity contribution in [1.82, 2.24) is 9.78 Å². The molecule has 1 fully saturated rings. The molecule has 204 valence electrons. The van der Waals surface area contributed by atoms with Crippen LogP contribution in [0.15, 0.2) is 65.8 Å². The van der Waals surface area contributed by atoms with E-state index in [0.717, 1.165) is 28.5 Å². The summed E-state index contributed by atoms with van der Waals surface area (Å²) in [7, 11) is 0. The highest BCUT2D eigenvalue weighted by Crippen LogP contribution is 2.38. The minimum Gasteiger partial charge on any atom is -0.462 e. The molecule has 2 heterocycles. The molecule has 0 N–H and O–H groups in total. The molecular formula is C31H32F3N3O2. The zero-order valence-electron chi connectivity index (χ0n) is 22.2. The van der Waals surface area contributed by atoms with Gasteiger partial charge in [-0.1, -0.05) is 73.4 Å². The lowest BCUT2D eigenvalue weighted by Gasteiger charge is -2.23. The number of carbonyl (C=O) groups excluding carboxylic acids is 1. The van der Waals surface area contributed by atoms with Gasteiger partial charge < -0.3 is 4.74 Å². The molecular weight excluding hydrogens is 503 g/mol. The summed E-state index contributed by atoms with van der Waals surface area (Å²) in [6.07, 6.45) is 6.25. The van der Waals surface area contributed by atoms with Crippen LogP contribution in [-0.4, -0.2) is 28.2 Å². The number of halogens is 3. The van der Waals surface area contributed by atoms with E-state index >= 15 is 0 Å². The third-order valence-corrected chi connectivity index (χ3v) is 7.53. The van der Waals surface area contributed by atoms with E-state index < -0.39 is 29.4 Å². The first-order valence-corrected chi connectivity index (χ1v) is 13.5. The lowest BCUT2D eigenvalue weighted by Crippen LogP contribution is -2.24. The Hall–Kier alpha value is -3.68. The van der Waals surface area contributed by atoms with Crippen LogP contribution in [0.3, 0.4) is 0 Å². The molecule has 2 aromatic carbocycles. The average Bonchev–Trinajstić information content (AvgIpc) is 3.41. The first kappa shape index (κ1) is 26.9. The standard InChI is InChI=1S/C31H32F3N3O2/c1-3-39-30(38)26-19-35-37(29(26)31(32,33)34)28-11-7-10-27(36-28)25-18-20(2)12-17-24(25)23-15-13-22(14-16-23)21-8-5-4-6-9-21/h7,11-19,21,27H,3-6,8-10H2,1-2H3. The van der Waals surface area contributed by atoms with Gasteiger partial charge >= 0.3 is 12.1 Å². The number of esters is 1. The van der Waals surface area contributed by atoms with E-state index in [9.17, 15) is 18.0 Å². The summed E-state index contributed by atoms with van der Waals surface area (Å²) in [6, 6.07) is 14.4. The highest BCUT2D eigenvalue weighted by atomic mass is 19.4. The van der Waals surface area contributed by atoms with Gasteiger partial charge in [0.05, 0.1) is 18.8 Å². The van der Waals surface area contributed by atoms with E-state index in [-0.39, 0.29) is 12.4 Å². The summed E-state index contributed by atoms with van der Waals surface area (Å²) in [6.45, 7) is 3.49. The lowest BCUT2D eigenvalue weighted by molar-refractivity contribution is -0.143. The largest absolute Gasteiger partial charge is 0.462 e. The van der Waals surface area contributed by atoms with Gasteiger partial charge in [0.2, 0.25) is 0 Å². The summed E-state index contributed by atoms with van der Waals surface area (Å²) in [4.78, 5) is 16.9. The first-order valence-electron chi connectivity index (χ1n) is 13.5. The van der Waals surface area contributed by atoms with Gasteiger partial charge in [-0.05, 0) is 67.4 Å². The number of ether oxygens (including phenoxy) is 1. The van der Waals surface area contributed by atoms with Crippen molar-refractivity contribution >= 4 is 11.8 Å². The molecule has 8 heteroatoms. The van der Waals surface area contributed by atoms with Crippen LogP contribution in [0.2, 0.25) is 0 Å². The minimum atomic E-state index is -4.82. The predicted octanol–water partition coefficient (Wildman–Crippen LogP) is 8.05. The second-order valence-corrected chi connectivity index (χ2v) is 10.2. The van der Waals surface area contributed by atoms with Crippen molar-refractivity contribution in [3.05, 3.63) is 88.8 Å². The van der Waals surface area contributed by atoms with Crippen molar-refractivity contribution in [2.45, 2.75) is 70.5 Å². The van der Waals surface area contributed by atoms with E-state index in [0.29, 0.717) is 17.0 Å². The maximum atomic E-state index is 14.1. The Morgan fingerprint density at radius 1 is 1.08 bits per heavy atom. The second-order valence-electron chi connectivity index (χ2n) is 10.2. The van der Waals surface area contributed by atoms with Crippen LogP contribution in [0.25, 0.3) is 11.1 Å². The van der Waals surface area contributed by atoms with Crippen LogP contribution in [0.4, 0.5) is 13.2 Å². The number of nitrogens with zero attached hydrogens (tertiary/aromatic N) is 3. The van der Waals surface area contributed by atoms with Crippen LogP contribution in [0.5, 0.6) is 0 Å². The first-order chi connectivity index (χ1) is 18.8. The van der Waals surface area contributed by atoms with Gasteiger partial charge in [0.15, 0.2) is 5.69 Å². The Balaban J connectivity index is 1.51. The normalized spacial score (nSPS) is 18.2. The third kappa shape index (κ3) is 5.70. The monoisotopic (exact) mass is 535 g/mol. The third-order valence-electron chi connectivity index (χ3n) is 7.53. The Kier molecular flexibility index (Phi) is 7.73. The van der Waals surface area contributed by atoms with Gasteiger partial charge in [-0.25, -0.2) is 9.48 Å². The zero-order chi connectivity index (χ0) is 27.6. The molecule has 1 aliphatic carbocycles. The van der Waals surface area contributed by atoms with Crippen LogP contribution in [-0.2, 0) is 10.9 Å². The van der Waals surface area contributed by atoms with Gasteiger partial charge in [-0.3, -0.25) is 4.99 Å². The van der Waals surface area contributed by atoms with E-state index in [1.807, 2.05) is 19.1 Å². The number of aliphatic imine (C=N–C) groups is 1. The number of aromatic nitrogens is 2. The lowest BCUT2D eigenvalue weighted by atomic mass is 9.83. The van der Waals surface area contributed by atoms with E-state index in [4.69, 9.17) is 9.73 Å². The van der Waals surface area contributed by atoms with Crippen LogP contribution in [0.1, 0.15) is 90.2 Å². The molecule has 1 aromatic heterocycles. The number of dihydropyridines is 1. The number of allylic oxidation sites excluding steroid dienone is 1.